The largest absolute Gasteiger partial charge is 0.444 e. The molecule has 1 aliphatic heterocycles. The van der Waals surface area contributed by atoms with Crippen molar-refractivity contribution in [1.29, 1.82) is 0 Å². The van der Waals surface area contributed by atoms with E-state index in [1.54, 1.807) is 4.90 Å². The molecule has 0 spiro atoms. The Bertz CT molecular complexity index is 421. The van der Waals surface area contributed by atoms with Crippen LogP contribution in [0.3, 0.4) is 0 Å². The van der Waals surface area contributed by atoms with Gasteiger partial charge < -0.3 is 14.4 Å². The lowest BCUT2D eigenvalue weighted by Gasteiger charge is -2.38. The van der Waals surface area contributed by atoms with Crippen LogP contribution in [-0.4, -0.2) is 54.0 Å². The minimum atomic E-state index is -0.491. The molecular formula is C17H30N2O3. The number of nitrogens with one attached hydrogen (secondary N) is 1. The first-order valence-electron chi connectivity index (χ1n) is 7.87. The highest BCUT2D eigenvalue weighted by Gasteiger charge is 2.32. The van der Waals surface area contributed by atoms with E-state index < -0.39 is 5.60 Å². The number of terminal acetylenes is 1. The normalized spacial score (nSPS) is 21.1. The van der Waals surface area contributed by atoms with Gasteiger partial charge >= 0.3 is 6.09 Å². The zero-order chi connectivity index (χ0) is 17.0. The molecule has 1 fully saturated rings. The highest BCUT2D eigenvalue weighted by Crippen LogP contribution is 2.18. The lowest BCUT2D eigenvalue weighted by Crippen LogP contribution is -2.53. The second-order valence-corrected chi connectivity index (χ2v) is 7.45. The van der Waals surface area contributed by atoms with E-state index in [1.807, 2.05) is 34.6 Å². The summed E-state index contributed by atoms with van der Waals surface area (Å²) in [6.45, 7) is 13.3. The van der Waals surface area contributed by atoms with Gasteiger partial charge in [-0.1, -0.05) is 5.92 Å². The number of hydrogen-bond acceptors (Lipinski definition) is 4. The summed E-state index contributed by atoms with van der Waals surface area (Å²) in [4.78, 5) is 14.1. The molecule has 1 heterocycles. The maximum atomic E-state index is 12.3. The van der Waals surface area contributed by atoms with Gasteiger partial charge in [0.1, 0.15) is 5.60 Å². The fraction of sp³-hybridized carbons (Fsp3) is 0.824. The number of nitrogens with zero attached hydrogens (tertiary/aromatic N) is 1. The average Bonchev–Trinajstić information content (AvgIpc) is 2.36. The molecule has 0 aromatic rings. The molecule has 5 nitrogen and oxygen atoms in total. The van der Waals surface area contributed by atoms with Crippen molar-refractivity contribution >= 4 is 6.09 Å². The van der Waals surface area contributed by atoms with Gasteiger partial charge in [0.05, 0.1) is 24.8 Å². The monoisotopic (exact) mass is 310 g/mol. The van der Waals surface area contributed by atoms with E-state index in [0.29, 0.717) is 19.8 Å². The summed E-state index contributed by atoms with van der Waals surface area (Å²) in [7, 11) is 0. The van der Waals surface area contributed by atoms with E-state index in [-0.39, 0.29) is 23.7 Å². The molecule has 0 saturated carbocycles. The molecule has 1 aliphatic rings. The van der Waals surface area contributed by atoms with Gasteiger partial charge in [-0.25, -0.2) is 4.79 Å². The molecule has 0 aromatic heterocycles. The van der Waals surface area contributed by atoms with Gasteiger partial charge in [-0.15, -0.1) is 6.42 Å². The molecule has 0 radical (unpaired) electrons. The van der Waals surface area contributed by atoms with Crippen molar-refractivity contribution in [3.05, 3.63) is 0 Å². The highest BCUT2D eigenvalue weighted by atomic mass is 16.6. The van der Waals surface area contributed by atoms with Crippen LogP contribution in [0.25, 0.3) is 0 Å². The molecule has 0 bridgehead atoms. The van der Waals surface area contributed by atoms with Crippen LogP contribution < -0.4 is 5.32 Å². The minimum Gasteiger partial charge on any atom is -0.444 e. The van der Waals surface area contributed by atoms with Gasteiger partial charge in [0.15, 0.2) is 0 Å². The summed E-state index contributed by atoms with van der Waals surface area (Å²) >= 11 is 0. The van der Waals surface area contributed by atoms with E-state index in [2.05, 4.69) is 18.2 Å². The van der Waals surface area contributed by atoms with Crippen LogP contribution in [0.15, 0.2) is 0 Å². The number of carbonyl (C=O) groups is 1. The molecule has 126 valence electrons. The molecule has 1 saturated heterocycles. The summed E-state index contributed by atoms with van der Waals surface area (Å²) in [5.41, 5.74) is -0.860. The van der Waals surface area contributed by atoms with Gasteiger partial charge in [0.25, 0.3) is 0 Å². The van der Waals surface area contributed by atoms with Crippen LogP contribution in [0.2, 0.25) is 0 Å². The van der Waals surface area contributed by atoms with Gasteiger partial charge in [-0.05, 0) is 48.0 Å². The van der Waals surface area contributed by atoms with Crippen LogP contribution in [0, 0.1) is 12.3 Å². The van der Waals surface area contributed by atoms with Crippen molar-refractivity contribution in [2.45, 2.75) is 71.2 Å². The second-order valence-electron chi connectivity index (χ2n) is 7.45. The van der Waals surface area contributed by atoms with Crippen molar-refractivity contribution in [1.82, 2.24) is 10.2 Å². The highest BCUT2D eigenvalue weighted by molar-refractivity contribution is 5.68. The Morgan fingerprint density at radius 3 is 2.64 bits per heavy atom. The molecule has 5 heteroatoms. The van der Waals surface area contributed by atoms with E-state index in [9.17, 15) is 4.79 Å². The Kier molecular flexibility index (Phi) is 6.27. The Labute approximate surface area is 134 Å². The third kappa shape index (κ3) is 6.25. The van der Waals surface area contributed by atoms with Crippen molar-refractivity contribution in [2.24, 2.45) is 0 Å². The third-order valence-corrected chi connectivity index (χ3v) is 3.45. The van der Waals surface area contributed by atoms with Crippen LogP contribution in [-0.2, 0) is 9.47 Å². The predicted octanol–water partition coefficient (Wildman–Crippen LogP) is 2.40. The Morgan fingerprint density at radius 1 is 1.45 bits per heavy atom. The van der Waals surface area contributed by atoms with E-state index in [1.165, 1.54) is 0 Å². The first-order chi connectivity index (χ1) is 10.0. The molecular weight excluding hydrogens is 280 g/mol. The summed E-state index contributed by atoms with van der Waals surface area (Å²) < 4.78 is 11.0. The third-order valence-electron chi connectivity index (χ3n) is 3.45. The SMILES string of the molecule is C#CC(C)(C)NC(C)CC1COCCN1C(=O)OC(C)(C)C. The number of rotatable bonds is 4. The average molecular weight is 310 g/mol. The number of carbonyl (C=O) groups excluding carboxylic acids is 1. The summed E-state index contributed by atoms with van der Waals surface area (Å²) in [5.74, 6) is 2.73. The number of morpholine rings is 1. The topological polar surface area (TPSA) is 50.8 Å². The van der Waals surface area contributed by atoms with Gasteiger partial charge in [-0.2, -0.15) is 0 Å². The fourth-order valence-electron chi connectivity index (χ4n) is 2.54. The summed E-state index contributed by atoms with van der Waals surface area (Å²) in [5, 5.41) is 3.39. The summed E-state index contributed by atoms with van der Waals surface area (Å²) in [6, 6.07) is 0.169. The van der Waals surface area contributed by atoms with Crippen LogP contribution in [0.5, 0.6) is 0 Å². The van der Waals surface area contributed by atoms with Gasteiger partial charge in [0.2, 0.25) is 0 Å². The van der Waals surface area contributed by atoms with Crippen molar-refractivity contribution < 1.29 is 14.3 Å². The first kappa shape index (κ1) is 18.8. The predicted molar refractivity (Wildman–Crippen MR) is 87.7 cm³/mol. The number of amides is 1. The number of ether oxygens (including phenoxy) is 2. The quantitative estimate of drug-likeness (QED) is 0.810. The molecule has 22 heavy (non-hydrogen) atoms. The van der Waals surface area contributed by atoms with E-state index in [0.717, 1.165) is 6.42 Å². The maximum absolute atomic E-state index is 12.3. The lowest BCUT2D eigenvalue weighted by atomic mass is 10.0. The Hall–Kier alpha value is -1.25. The van der Waals surface area contributed by atoms with Crippen LogP contribution in [0.1, 0.15) is 48.0 Å². The van der Waals surface area contributed by atoms with E-state index >= 15 is 0 Å². The molecule has 1 N–H and O–H groups in total. The molecule has 2 unspecified atom stereocenters. The van der Waals surface area contributed by atoms with Crippen LogP contribution in [0.4, 0.5) is 4.79 Å². The smallest absolute Gasteiger partial charge is 0.410 e. The minimum absolute atomic E-state index is 0.000301. The van der Waals surface area contributed by atoms with E-state index in [4.69, 9.17) is 15.9 Å². The standard InChI is InChI=1S/C17H30N2O3/c1-8-17(6,7)18-13(2)11-14-12-21-10-9-19(14)15(20)22-16(3,4)5/h1,13-14,18H,9-12H2,2-7H3. The van der Waals surface area contributed by atoms with Crippen molar-refractivity contribution in [3.8, 4) is 12.3 Å². The molecule has 2 atom stereocenters. The zero-order valence-corrected chi connectivity index (χ0v) is 14.7. The number of hydrogen-bond donors (Lipinski definition) is 1. The van der Waals surface area contributed by atoms with Gasteiger partial charge in [0, 0.05) is 12.6 Å². The Morgan fingerprint density at radius 2 is 2.09 bits per heavy atom. The maximum Gasteiger partial charge on any atom is 0.410 e. The zero-order valence-electron chi connectivity index (χ0n) is 14.7. The van der Waals surface area contributed by atoms with Crippen molar-refractivity contribution in [3.63, 3.8) is 0 Å². The first-order valence-corrected chi connectivity index (χ1v) is 7.87. The molecule has 0 aromatic carbocycles. The second kappa shape index (κ2) is 7.34. The van der Waals surface area contributed by atoms with Crippen LogP contribution >= 0.6 is 0 Å². The lowest BCUT2D eigenvalue weighted by molar-refractivity contribution is -0.0358. The molecule has 0 aliphatic carbocycles. The fourth-order valence-corrected chi connectivity index (χ4v) is 2.54. The molecule has 1 rings (SSSR count). The van der Waals surface area contributed by atoms with Gasteiger partial charge in [-0.3, -0.25) is 5.32 Å². The summed E-state index contributed by atoms with van der Waals surface area (Å²) in [6.07, 6.45) is 6.01. The Balaban J connectivity index is 2.66. The van der Waals surface area contributed by atoms with Crippen molar-refractivity contribution in [2.75, 3.05) is 19.8 Å². The molecule has 1 amide bonds.